The van der Waals surface area contributed by atoms with Gasteiger partial charge in [-0.1, -0.05) is 18.2 Å². The van der Waals surface area contributed by atoms with Crippen LogP contribution in [0.1, 0.15) is 22.3 Å². The SMILES string of the molecule is Cc1cc(N(c2ccccc2)c2ccc(C=[N+](C)C)c(C)c2)ccc1C=[N+](C)C. The summed E-state index contributed by atoms with van der Waals surface area (Å²) in [5, 5.41) is 0. The lowest BCUT2D eigenvalue weighted by Gasteiger charge is -2.26. The van der Waals surface area contributed by atoms with Gasteiger partial charge in [-0.25, -0.2) is 9.15 Å². The van der Waals surface area contributed by atoms with Crippen LogP contribution >= 0.6 is 0 Å². The van der Waals surface area contributed by atoms with Crippen molar-refractivity contribution in [1.82, 2.24) is 0 Å². The first-order valence-corrected chi connectivity index (χ1v) is 9.94. The minimum Gasteiger partial charge on any atom is -0.310 e. The average molecular weight is 386 g/mol. The highest BCUT2D eigenvalue weighted by Gasteiger charge is 2.15. The molecule has 0 aliphatic heterocycles. The molecule has 148 valence electrons. The summed E-state index contributed by atoms with van der Waals surface area (Å²) in [4.78, 5) is 2.32. The minimum absolute atomic E-state index is 1.15. The Labute approximate surface area is 174 Å². The van der Waals surface area contributed by atoms with E-state index in [0.29, 0.717) is 0 Å². The number of anilines is 3. The van der Waals surface area contributed by atoms with Crippen molar-refractivity contribution in [1.29, 1.82) is 0 Å². The fourth-order valence-electron chi connectivity index (χ4n) is 3.47. The fourth-order valence-corrected chi connectivity index (χ4v) is 3.47. The van der Waals surface area contributed by atoms with Crippen LogP contribution in [0.3, 0.4) is 0 Å². The highest BCUT2D eigenvalue weighted by molar-refractivity contribution is 5.84. The molecule has 0 unspecified atom stereocenters. The third-order valence-corrected chi connectivity index (χ3v) is 4.83. The molecule has 0 bridgehead atoms. The number of aryl methyl sites for hydroxylation is 2. The molecule has 3 aromatic rings. The number of hydrogen-bond acceptors (Lipinski definition) is 1. The molecule has 3 aromatic carbocycles. The summed E-state index contributed by atoms with van der Waals surface area (Å²) in [5.41, 5.74) is 8.46. The van der Waals surface area contributed by atoms with Crippen LogP contribution in [0.2, 0.25) is 0 Å². The van der Waals surface area contributed by atoms with Gasteiger partial charge in [-0.05, 0) is 73.5 Å². The molecule has 0 radical (unpaired) electrons. The lowest BCUT2D eigenvalue weighted by molar-refractivity contribution is -0.458. The van der Waals surface area contributed by atoms with Crippen molar-refractivity contribution in [3.05, 3.63) is 89.0 Å². The smallest absolute Gasteiger partial charge is 0.170 e. The van der Waals surface area contributed by atoms with Crippen LogP contribution in [0.5, 0.6) is 0 Å². The number of hydrogen-bond donors (Lipinski definition) is 0. The first-order valence-electron chi connectivity index (χ1n) is 9.94. The third kappa shape index (κ3) is 5.00. The number of nitrogens with zero attached hydrogens (tertiary/aromatic N) is 3. The zero-order valence-electron chi connectivity index (χ0n) is 18.3. The van der Waals surface area contributed by atoms with Gasteiger partial charge in [0, 0.05) is 28.2 Å². The second-order valence-corrected chi connectivity index (χ2v) is 7.94. The monoisotopic (exact) mass is 385 g/mol. The zero-order valence-corrected chi connectivity index (χ0v) is 18.3. The largest absolute Gasteiger partial charge is 0.310 e. The van der Waals surface area contributed by atoms with E-state index < -0.39 is 0 Å². The maximum atomic E-state index is 2.32. The summed E-state index contributed by atoms with van der Waals surface area (Å²) in [6, 6.07) is 23.9. The number of benzene rings is 3. The van der Waals surface area contributed by atoms with Gasteiger partial charge < -0.3 is 4.90 Å². The predicted molar refractivity (Wildman–Crippen MR) is 125 cm³/mol. The van der Waals surface area contributed by atoms with Crippen LogP contribution in [0.25, 0.3) is 0 Å². The van der Waals surface area contributed by atoms with Gasteiger partial charge in [-0.2, -0.15) is 0 Å². The van der Waals surface area contributed by atoms with Crippen molar-refractivity contribution in [2.24, 2.45) is 0 Å². The molecule has 0 saturated heterocycles. The topological polar surface area (TPSA) is 9.26 Å². The molecule has 0 spiro atoms. The molecular formula is C26H31N3+2. The molecule has 0 fully saturated rings. The van der Waals surface area contributed by atoms with Crippen LogP contribution < -0.4 is 4.90 Å². The van der Waals surface area contributed by atoms with Crippen molar-refractivity contribution in [2.75, 3.05) is 33.1 Å². The Balaban J connectivity index is 2.12. The van der Waals surface area contributed by atoms with E-state index in [2.05, 4.69) is 135 Å². The molecule has 0 atom stereocenters. The molecule has 0 amide bonds. The second-order valence-electron chi connectivity index (χ2n) is 7.94. The van der Waals surface area contributed by atoms with E-state index in [0.717, 1.165) is 17.1 Å². The lowest BCUT2D eigenvalue weighted by Crippen LogP contribution is -2.11. The molecule has 3 nitrogen and oxygen atoms in total. The summed E-state index contributed by atoms with van der Waals surface area (Å²) in [6.45, 7) is 4.34. The normalized spacial score (nSPS) is 10.4. The van der Waals surface area contributed by atoms with Crippen molar-refractivity contribution in [3.8, 4) is 0 Å². The Morgan fingerprint density at radius 3 is 1.41 bits per heavy atom. The maximum absolute atomic E-state index is 2.32. The van der Waals surface area contributed by atoms with E-state index >= 15 is 0 Å². The Bertz CT molecular complexity index is 987. The van der Waals surface area contributed by atoms with E-state index in [1.807, 2.05) is 0 Å². The van der Waals surface area contributed by atoms with E-state index in [9.17, 15) is 0 Å². The molecule has 0 aromatic heterocycles. The number of para-hydroxylation sites is 1. The van der Waals surface area contributed by atoms with Crippen LogP contribution in [-0.4, -0.2) is 49.8 Å². The van der Waals surface area contributed by atoms with Crippen molar-refractivity contribution in [3.63, 3.8) is 0 Å². The molecule has 3 rings (SSSR count). The minimum atomic E-state index is 1.15. The summed E-state index contributed by atoms with van der Waals surface area (Å²) in [5.74, 6) is 0. The highest BCUT2D eigenvalue weighted by atomic mass is 15.1. The van der Waals surface area contributed by atoms with Crippen molar-refractivity contribution < 1.29 is 9.15 Å². The van der Waals surface area contributed by atoms with Crippen LogP contribution in [-0.2, 0) is 0 Å². The fraction of sp³-hybridized carbons (Fsp3) is 0.231. The van der Waals surface area contributed by atoms with Crippen molar-refractivity contribution in [2.45, 2.75) is 13.8 Å². The first kappa shape index (κ1) is 20.5. The molecule has 3 heteroatoms. The summed E-state index contributed by atoms with van der Waals surface area (Å²) in [6.07, 6.45) is 4.31. The van der Waals surface area contributed by atoms with Crippen LogP contribution in [0, 0.1) is 13.8 Å². The van der Waals surface area contributed by atoms with E-state index in [4.69, 9.17) is 0 Å². The van der Waals surface area contributed by atoms with Gasteiger partial charge >= 0.3 is 0 Å². The summed E-state index contributed by atoms with van der Waals surface area (Å²) in [7, 11) is 8.22. The van der Waals surface area contributed by atoms with Gasteiger partial charge in [0.25, 0.3) is 0 Å². The Kier molecular flexibility index (Phi) is 6.28. The zero-order chi connectivity index (χ0) is 21.0. The van der Waals surface area contributed by atoms with Crippen LogP contribution in [0.4, 0.5) is 17.1 Å². The van der Waals surface area contributed by atoms with Gasteiger partial charge in [0.2, 0.25) is 0 Å². The molecule has 0 saturated carbocycles. The quantitative estimate of drug-likeness (QED) is 0.436. The Morgan fingerprint density at radius 1 is 0.586 bits per heavy atom. The standard InChI is InChI=1S/C26H31N3/c1-20-16-25(14-12-22(20)18-27(3)4)29(24-10-8-7-9-11-24)26-15-13-23(19-28(5)6)21(2)17-26/h7-19H,1-6H3/q+2. The van der Waals surface area contributed by atoms with E-state index in [-0.39, 0.29) is 0 Å². The molecule has 29 heavy (non-hydrogen) atoms. The molecule has 0 aliphatic carbocycles. The Morgan fingerprint density at radius 2 is 1.03 bits per heavy atom. The average Bonchev–Trinajstić information content (AvgIpc) is 2.66. The maximum Gasteiger partial charge on any atom is 0.170 e. The first-order chi connectivity index (χ1) is 13.8. The molecule has 0 aliphatic rings. The van der Waals surface area contributed by atoms with E-state index in [1.54, 1.807) is 0 Å². The predicted octanol–water partition coefficient (Wildman–Crippen LogP) is 5.16. The van der Waals surface area contributed by atoms with Crippen molar-refractivity contribution >= 4 is 29.5 Å². The second kappa shape index (κ2) is 8.87. The van der Waals surface area contributed by atoms with Gasteiger partial charge in [-0.15, -0.1) is 0 Å². The van der Waals surface area contributed by atoms with Gasteiger partial charge in [0.15, 0.2) is 12.4 Å². The molecule has 0 N–H and O–H groups in total. The molecular weight excluding hydrogens is 354 g/mol. The van der Waals surface area contributed by atoms with Crippen LogP contribution in [0.15, 0.2) is 66.7 Å². The Hall–Kier alpha value is -3.20. The van der Waals surface area contributed by atoms with Gasteiger partial charge in [0.05, 0.1) is 0 Å². The number of rotatable bonds is 5. The molecule has 0 heterocycles. The van der Waals surface area contributed by atoms with E-state index in [1.165, 1.54) is 22.3 Å². The lowest BCUT2D eigenvalue weighted by atomic mass is 10.0. The summed E-state index contributed by atoms with van der Waals surface area (Å²) >= 11 is 0. The highest BCUT2D eigenvalue weighted by Crippen LogP contribution is 2.35. The van der Waals surface area contributed by atoms with Gasteiger partial charge in [0.1, 0.15) is 28.2 Å². The van der Waals surface area contributed by atoms with Gasteiger partial charge in [-0.3, -0.25) is 0 Å². The summed E-state index contributed by atoms with van der Waals surface area (Å²) < 4.78 is 4.17. The third-order valence-electron chi connectivity index (χ3n) is 4.83.